The number of carbonyl (C=O) groups is 1. The number of carbonyl (C=O) groups excluding carboxylic acids is 1. The van der Waals surface area contributed by atoms with Gasteiger partial charge in [-0.15, -0.1) is 0 Å². The van der Waals surface area contributed by atoms with E-state index in [4.69, 9.17) is 0 Å². The van der Waals surface area contributed by atoms with Crippen LogP contribution in [0.4, 0.5) is 0 Å². The van der Waals surface area contributed by atoms with Gasteiger partial charge in [0.15, 0.2) is 0 Å². The number of nitrogens with zero attached hydrogens (tertiary/aromatic N) is 2. The number of aromatic nitrogens is 1. The number of hydrogen-bond donors (Lipinski definition) is 1. The zero-order valence-corrected chi connectivity index (χ0v) is 7.54. The molecule has 5 heteroatoms. The first-order valence-corrected chi connectivity index (χ1v) is 4.75. The van der Waals surface area contributed by atoms with Crippen molar-refractivity contribution in [1.82, 2.24) is 10.4 Å². The molecule has 0 fully saturated rings. The van der Waals surface area contributed by atoms with Crippen LogP contribution in [0, 0.1) is 0 Å². The Kier molecular flexibility index (Phi) is 2.27. The van der Waals surface area contributed by atoms with Crippen LogP contribution in [0.25, 0.3) is 0 Å². The molecule has 0 radical (unpaired) electrons. The summed E-state index contributed by atoms with van der Waals surface area (Å²) in [7, 11) is 0. The molecule has 0 spiro atoms. The Hall–Kier alpha value is -1.36. The van der Waals surface area contributed by atoms with E-state index in [9.17, 15) is 4.79 Å². The first-order chi connectivity index (χ1) is 6.36. The lowest BCUT2D eigenvalue weighted by molar-refractivity contribution is -0.118. The fourth-order valence-corrected chi connectivity index (χ4v) is 1.64. The van der Waals surface area contributed by atoms with E-state index in [1.807, 2.05) is 18.2 Å². The summed E-state index contributed by atoms with van der Waals surface area (Å²) < 4.78 is 0. The molecule has 1 aliphatic rings. The molecule has 2 rings (SSSR count). The van der Waals surface area contributed by atoms with Gasteiger partial charge in [-0.1, -0.05) is 17.8 Å². The third-order valence-corrected chi connectivity index (χ3v) is 2.49. The largest absolute Gasteiger partial charge is 0.272 e. The van der Waals surface area contributed by atoms with Crippen LogP contribution in [0.3, 0.4) is 0 Å². The van der Waals surface area contributed by atoms with Crippen molar-refractivity contribution in [3.05, 3.63) is 30.1 Å². The van der Waals surface area contributed by atoms with E-state index >= 15 is 0 Å². The normalized spacial score (nSPS) is 16.3. The molecular formula is C8H7N3OS. The molecule has 0 aromatic carbocycles. The number of hydrogen-bond acceptors (Lipinski definition) is 4. The number of pyridine rings is 1. The Morgan fingerprint density at radius 3 is 3.00 bits per heavy atom. The minimum atomic E-state index is -0.0651. The highest BCUT2D eigenvalue weighted by Gasteiger charge is 2.13. The van der Waals surface area contributed by atoms with E-state index in [1.54, 1.807) is 6.20 Å². The fraction of sp³-hybridized carbons (Fsp3) is 0.125. The van der Waals surface area contributed by atoms with Crippen molar-refractivity contribution in [1.29, 1.82) is 0 Å². The third-order valence-electron chi connectivity index (χ3n) is 1.51. The van der Waals surface area contributed by atoms with Gasteiger partial charge in [0.2, 0.25) is 0 Å². The van der Waals surface area contributed by atoms with Crippen LogP contribution >= 0.6 is 11.8 Å². The average Bonchev–Trinajstić information content (AvgIpc) is 2.20. The molecule has 0 saturated heterocycles. The number of rotatable bonds is 1. The highest BCUT2D eigenvalue weighted by Crippen LogP contribution is 2.13. The van der Waals surface area contributed by atoms with Crippen LogP contribution in [-0.2, 0) is 4.79 Å². The highest BCUT2D eigenvalue weighted by atomic mass is 32.2. The third kappa shape index (κ3) is 1.86. The van der Waals surface area contributed by atoms with E-state index in [0.29, 0.717) is 5.75 Å². The Balaban J connectivity index is 2.23. The average molecular weight is 193 g/mol. The second-order valence-corrected chi connectivity index (χ2v) is 3.42. The van der Waals surface area contributed by atoms with Crippen molar-refractivity contribution in [3.8, 4) is 0 Å². The van der Waals surface area contributed by atoms with Crippen molar-refractivity contribution in [2.45, 2.75) is 0 Å². The van der Waals surface area contributed by atoms with Crippen LogP contribution < -0.4 is 5.43 Å². The Morgan fingerprint density at radius 1 is 1.46 bits per heavy atom. The zero-order chi connectivity index (χ0) is 9.10. The minimum absolute atomic E-state index is 0.0651. The molecule has 0 bridgehead atoms. The van der Waals surface area contributed by atoms with Crippen LogP contribution in [0.15, 0.2) is 29.5 Å². The van der Waals surface area contributed by atoms with Crippen molar-refractivity contribution >= 4 is 22.7 Å². The van der Waals surface area contributed by atoms with Crippen molar-refractivity contribution in [2.75, 3.05) is 5.75 Å². The van der Waals surface area contributed by atoms with Gasteiger partial charge in [0.25, 0.3) is 5.91 Å². The molecule has 13 heavy (non-hydrogen) atoms. The molecule has 1 N–H and O–H groups in total. The summed E-state index contributed by atoms with van der Waals surface area (Å²) in [5.74, 6) is 0.347. The quantitative estimate of drug-likeness (QED) is 0.710. The molecule has 0 atom stereocenters. The molecule has 2 heterocycles. The number of hydrazone groups is 1. The van der Waals surface area contributed by atoms with Gasteiger partial charge in [0.1, 0.15) is 5.04 Å². The molecule has 1 amide bonds. The van der Waals surface area contributed by atoms with Crippen LogP contribution in [-0.4, -0.2) is 21.7 Å². The van der Waals surface area contributed by atoms with E-state index in [0.717, 1.165) is 10.7 Å². The van der Waals surface area contributed by atoms with E-state index in [2.05, 4.69) is 15.5 Å². The molecule has 0 aliphatic carbocycles. The topological polar surface area (TPSA) is 54.4 Å². The van der Waals surface area contributed by atoms with Gasteiger partial charge in [-0.3, -0.25) is 9.78 Å². The molecule has 66 valence electrons. The number of thioether (sulfide) groups is 1. The van der Waals surface area contributed by atoms with Crippen LogP contribution in [0.5, 0.6) is 0 Å². The second-order valence-electron chi connectivity index (χ2n) is 2.46. The summed E-state index contributed by atoms with van der Waals surface area (Å²) >= 11 is 1.40. The Morgan fingerprint density at radius 2 is 2.38 bits per heavy atom. The lowest BCUT2D eigenvalue weighted by Crippen LogP contribution is -2.26. The summed E-state index contributed by atoms with van der Waals surface area (Å²) in [6, 6.07) is 5.60. The molecule has 1 aromatic rings. The van der Waals surface area contributed by atoms with Crippen molar-refractivity contribution in [2.24, 2.45) is 5.10 Å². The molecular weight excluding hydrogens is 186 g/mol. The number of amides is 1. The summed E-state index contributed by atoms with van der Waals surface area (Å²) in [5.41, 5.74) is 3.22. The first-order valence-electron chi connectivity index (χ1n) is 3.77. The standard InChI is InChI=1S/C8H7N3OS/c12-7-5-13-8(11-10-7)6-3-1-2-4-9-6/h1-4H,5H2,(H,10,12). The van der Waals surface area contributed by atoms with Crippen molar-refractivity contribution in [3.63, 3.8) is 0 Å². The zero-order valence-electron chi connectivity index (χ0n) is 6.73. The van der Waals surface area contributed by atoms with Gasteiger partial charge in [-0.25, -0.2) is 5.43 Å². The summed E-state index contributed by atoms with van der Waals surface area (Å²) in [6.07, 6.45) is 1.70. The van der Waals surface area contributed by atoms with Gasteiger partial charge < -0.3 is 0 Å². The number of nitrogens with one attached hydrogen (secondary N) is 1. The van der Waals surface area contributed by atoms with Gasteiger partial charge in [-0.05, 0) is 12.1 Å². The Bertz CT molecular complexity index is 350. The van der Waals surface area contributed by atoms with Crippen LogP contribution in [0.1, 0.15) is 5.69 Å². The van der Waals surface area contributed by atoms with Gasteiger partial charge in [0.05, 0.1) is 11.4 Å². The molecule has 0 unspecified atom stereocenters. The second kappa shape index (κ2) is 3.57. The summed E-state index contributed by atoms with van der Waals surface area (Å²) in [5, 5.41) is 4.66. The van der Waals surface area contributed by atoms with Gasteiger partial charge in [0, 0.05) is 6.20 Å². The lowest BCUT2D eigenvalue weighted by atomic mass is 10.4. The van der Waals surface area contributed by atoms with E-state index in [-0.39, 0.29) is 5.91 Å². The smallest absolute Gasteiger partial charge is 0.250 e. The maximum absolute atomic E-state index is 10.8. The summed E-state index contributed by atoms with van der Waals surface area (Å²) in [6.45, 7) is 0. The lowest BCUT2D eigenvalue weighted by Gasteiger charge is -2.09. The van der Waals surface area contributed by atoms with E-state index in [1.165, 1.54) is 11.8 Å². The van der Waals surface area contributed by atoms with Crippen LogP contribution in [0.2, 0.25) is 0 Å². The Labute approximate surface area is 79.4 Å². The SMILES string of the molecule is O=C1CSC(c2ccccn2)=NN1. The molecule has 1 aromatic heterocycles. The summed E-state index contributed by atoms with van der Waals surface area (Å²) in [4.78, 5) is 14.9. The first kappa shape index (κ1) is 8.25. The van der Waals surface area contributed by atoms with Crippen molar-refractivity contribution < 1.29 is 4.79 Å². The maximum Gasteiger partial charge on any atom is 0.250 e. The predicted molar refractivity (Wildman–Crippen MR) is 51.4 cm³/mol. The van der Waals surface area contributed by atoms with E-state index < -0.39 is 0 Å². The highest BCUT2D eigenvalue weighted by molar-refractivity contribution is 8.15. The fourth-order valence-electron chi connectivity index (χ4n) is 0.932. The monoisotopic (exact) mass is 193 g/mol. The maximum atomic E-state index is 10.8. The predicted octanol–water partition coefficient (Wildman–Crippen LogP) is 0.606. The minimum Gasteiger partial charge on any atom is -0.272 e. The van der Waals surface area contributed by atoms with Gasteiger partial charge >= 0.3 is 0 Å². The molecule has 1 aliphatic heterocycles. The molecule has 4 nitrogen and oxygen atoms in total. The van der Waals surface area contributed by atoms with Gasteiger partial charge in [-0.2, -0.15) is 5.10 Å². The molecule has 0 saturated carbocycles.